The molecule has 0 saturated heterocycles. The molecule has 0 aliphatic rings. The highest BCUT2D eigenvalue weighted by atomic mass is 32.1. The van der Waals surface area contributed by atoms with Crippen molar-refractivity contribution in [3.63, 3.8) is 0 Å². The maximum absolute atomic E-state index is 13.6. The molecule has 0 atom stereocenters. The lowest BCUT2D eigenvalue weighted by Crippen LogP contribution is -2.10. The molecule has 5 nitrogen and oxygen atoms in total. The summed E-state index contributed by atoms with van der Waals surface area (Å²) >= 11 is 1.46. The quantitative estimate of drug-likeness (QED) is 0.851. The van der Waals surface area contributed by atoms with Crippen LogP contribution in [0.2, 0.25) is 0 Å². The van der Waals surface area contributed by atoms with Crippen molar-refractivity contribution in [3.05, 3.63) is 51.7 Å². The topological polar surface area (TPSA) is 79.3 Å². The number of rotatable bonds is 4. The van der Waals surface area contributed by atoms with E-state index in [0.717, 1.165) is 11.1 Å². The second-order valence-electron chi connectivity index (χ2n) is 4.11. The summed E-state index contributed by atoms with van der Waals surface area (Å²) in [6.07, 6.45) is 2.75. The number of carboxylic acids is 1. The average Bonchev–Trinajstić information content (AvgIpc) is 2.84. The maximum atomic E-state index is 13.6. The van der Waals surface area contributed by atoms with Crippen LogP contribution in [0, 0.1) is 12.7 Å². The van der Waals surface area contributed by atoms with Gasteiger partial charge in [0.1, 0.15) is 5.82 Å². The van der Waals surface area contributed by atoms with Crippen LogP contribution in [0.4, 0.5) is 10.1 Å². The van der Waals surface area contributed by atoms with Gasteiger partial charge in [-0.25, -0.2) is 14.2 Å². The predicted octanol–water partition coefficient (Wildman–Crippen LogP) is 2.94. The van der Waals surface area contributed by atoms with Gasteiger partial charge in [0, 0.05) is 11.5 Å². The zero-order valence-corrected chi connectivity index (χ0v) is 11.8. The van der Waals surface area contributed by atoms with Crippen LogP contribution in [-0.4, -0.2) is 22.0 Å². The van der Waals surface area contributed by atoms with Gasteiger partial charge in [-0.3, -0.25) is 4.79 Å². The summed E-state index contributed by atoms with van der Waals surface area (Å²) in [5, 5.41) is 13.7. The number of nitrogens with zero attached hydrogens (tertiary/aromatic N) is 1. The van der Waals surface area contributed by atoms with Gasteiger partial charge in [-0.2, -0.15) is 0 Å². The predicted molar refractivity (Wildman–Crippen MR) is 77.9 cm³/mol. The van der Waals surface area contributed by atoms with E-state index in [1.807, 2.05) is 6.92 Å². The Bertz CT molecular complexity index is 725. The molecule has 0 bridgehead atoms. The first kappa shape index (κ1) is 14.9. The highest BCUT2D eigenvalue weighted by molar-refractivity contribution is 7.09. The number of halogens is 1. The Morgan fingerprint density at radius 1 is 1.43 bits per heavy atom. The van der Waals surface area contributed by atoms with Crippen LogP contribution in [0.25, 0.3) is 6.08 Å². The molecule has 0 aliphatic heterocycles. The number of carbonyl (C=O) groups is 2. The lowest BCUT2D eigenvalue weighted by Gasteiger charge is -2.04. The van der Waals surface area contributed by atoms with Crippen LogP contribution in [0.15, 0.2) is 29.7 Å². The van der Waals surface area contributed by atoms with Crippen molar-refractivity contribution in [3.8, 4) is 0 Å². The molecule has 7 heteroatoms. The molecule has 0 aliphatic carbocycles. The average molecular weight is 306 g/mol. The number of aryl methyl sites for hydroxylation is 1. The Hall–Kier alpha value is -2.54. The van der Waals surface area contributed by atoms with Crippen molar-refractivity contribution in [2.45, 2.75) is 6.92 Å². The summed E-state index contributed by atoms with van der Waals surface area (Å²) in [5.74, 6) is -2.56. The summed E-state index contributed by atoms with van der Waals surface area (Å²) in [7, 11) is 0. The molecule has 0 unspecified atom stereocenters. The van der Waals surface area contributed by atoms with Crippen LogP contribution in [0.3, 0.4) is 0 Å². The fraction of sp³-hybridized carbons (Fsp3) is 0.0714. The third kappa shape index (κ3) is 3.96. The van der Waals surface area contributed by atoms with Crippen molar-refractivity contribution in [2.75, 3.05) is 5.32 Å². The second kappa shape index (κ2) is 6.27. The fourth-order valence-corrected chi connectivity index (χ4v) is 2.12. The van der Waals surface area contributed by atoms with E-state index < -0.39 is 17.7 Å². The third-order valence-electron chi connectivity index (χ3n) is 2.52. The number of aromatic carboxylic acids is 1. The molecule has 0 radical (unpaired) electrons. The number of anilines is 1. The Morgan fingerprint density at radius 2 is 2.19 bits per heavy atom. The van der Waals surface area contributed by atoms with Gasteiger partial charge >= 0.3 is 5.97 Å². The van der Waals surface area contributed by atoms with Gasteiger partial charge in [0.25, 0.3) is 0 Å². The van der Waals surface area contributed by atoms with Crippen molar-refractivity contribution in [1.82, 2.24) is 4.98 Å². The van der Waals surface area contributed by atoms with Crippen molar-refractivity contribution in [2.24, 2.45) is 0 Å². The van der Waals surface area contributed by atoms with Crippen molar-refractivity contribution >= 4 is 35.0 Å². The van der Waals surface area contributed by atoms with E-state index in [2.05, 4.69) is 10.3 Å². The molecule has 2 rings (SSSR count). The second-order valence-corrected chi connectivity index (χ2v) is 5.18. The van der Waals surface area contributed by atoms with Crippen LogP contribution in [0.1, 0.15) is 21.1 Å². The Balaban J connectivity index is 2.06. The summed E-state index contributed by atoms with van der Waals surface area (Å²) < 4.78 is 13.6. The van der Waals surface area contributed by atoms with Gasteiger partial charge < -0.3 is 10.4 Å². The molecular formula is C14H11FN2O3S. The first-order valence-electron chi connectivity index (χ1n) is 5.90. The standard InChI is InChI=1S/C14H11FN2O3S/c1-8-16-10(7-21-8)3-5-13(18)17-12-4-2-9(14(19)20)6-11(12)15/h2-7H,1H3,(H,17,18)(H,19,20). The van der Waals surface area contributed by atoms with E-state index in [1.165, 1.54) is 35.6 Å². The number of hydrogen-bond donors (Lipinski definition) is 2. The lowest BCUT2D eigenvalue weighted by atomic mass is 10.2. The number of benzene rings is 1. The molecule has 2 N–H and O–H groups in total. The number of nitrogens with one attached hydrogen (secondary N) is 1. The fourth-order valence-electron chi connectivity index (χ4n) is 1.54. The number of amides is 1. The minimum absolute atomic E-state index is 0.0795. The molecule has 108 valence electrons. The van der Waals surface area contributed by atoms with Gasteiger partial charge in [0.05, 0.1) is 22.0 Å². The first-order valence-corrected chi connectivity index (χ1v) is 6.77. The summed E-state index contributed by atoms with van der Waals surface area (Å²) in [5.41, 5.74) is 0.387. The zero-order valence-electron chi connectivity index (χ0n) is 11.0. The molecule has 21 heavy (non-hydrogen) atoms. The van der Waals surface area contributed by atoms with Crippen LogP contribution >= 0.6 is 11.3 Å². The first-order chi connectivity index (χ1) is 9.95. The molecular weight excluding hydrogens is 295 g/mol. The van der Waals surface area contributed by atoms with E-state index in [9.17, 15) is 14.0 Å². The van der Waals surface area contributed by atoms with Gasteiger partial charge in [-0.1, -0.05) is 0 Å². The number of aromatic nitrogens is 1. The van der Waals surface area contributed by atoms with Crippen molar-refractivity contribution in [1.29, 1.82) is 0 Å². The lowest BCUT2D eigenvalue weighted by molar-refractivity contribution is -0.111. The van der Waals surface area contributed by atoms with E-state index in [1.54, 1.807) is 5.38 Å². The van der Waals surface area contributed by atoms with Gasteiger partial charge in [-0.15, -0.1) is 11.3 Å². The Kier molecular flexibility index (Phi) is 4.44. The molecule has 1 heterocycles. The highest BCUT2D eigenvalue weighted by Gasteiger charge is 2.09. The zero-order chi connectivity index (χ0) is 15.4. The third-order valence-corrected chi connectivity index (χ3v) is 3.31. The summed E-state index contributed by atoms with van der Waals surface area (Å²) in [4.78, 5) is 26.5. The number of hydrogen-bond acceptors (Lipinski definition) is 4. The Labute approximate surface area is 123 Å². The van der Waals surface area contributed by atoms with Crippen LogP contribution < -0.4 is 5.32 Å². The van der Waals surface area contributed by atoms with Crippen LogP contribution in [0.5, 0.6) is 0 Å². The van der Waals surface area contributed by atoms with E-state index in [-0.39, 0.29) is 11.3 Å². The number of carbonyl (C=O) groups excluding carboxylic acids is 1. The largest absolute Gasteiger partial charge is 0.478 e. The molecule has 2 aromatic rings. The SMILES string of the molecule is Cc1nc(C=CC(=O)Nc2ccc(C(=O)O)cc2F)cs1. The van der Waals surface area contributed by atoms with Gasteiger partial charge in [0.15, 0.2) is 0 Å². The molecule has 0 saturated carbocycles. The van der Waals surface area contributed by atoms with Crippen molar-refractivity contribution < 1.29 is 19.1 Å². The molecule has 1 amide bonds. The number of thiazole rings is 1. The molecule has 0 spiro atoms. The maximum Gasteiger partial charge on any atom is 0.335 e. The summed E-state index contributed by atoms with van der Waals surface area (Å²) in [6, 6.07) is 3.28. The minimum Gasteiger partial charge on any atom is -0.478 e. The Morgan fingerprint density at radius 3 is 2.76 bits per heavy atom. The highest BCUT2D eigenvalue weighted by Crippen LogP contribution is 2.16. The van der Waals surface area contributed by atoms with E-state index >= 15 is 0 Å². The minimum atomic E-state index is -1.23. The van der Waals surface area contributed by atoms with Gasteiger partial charge in [0.2, 0.25) is 5.91 Å². The smallest absolute Gasteiger partial charge is 0.335 e. The van der Waals surface area contributed by atoms with Crippen LogP contribution in [-0.2, 0) is 4.79 Å². The monoisotopic (exact) mass is 306 g/mol. The van der Waals surface area contributed by atoms with E-state index in [0.29, 0.717) is 5.69 Å². The number of carboxylic acid groups (broad SMARTS) is 1. The molecule has 0 fully saturated rings. The summed E-state index contributed by atoms with van der Waals surface area (Å²) in [6.45, 7) is 1.85. The van der Waals surface area contributed by atoms with Gasteiger partial charge in [-0.05, 0) is 31.2 Å². The van der Waals surface area contributed by atoms with E-state index in [4.69, 9.17) is 5.11 Å². The normalized spacial score (nSPS) is 10.8. The molecule has 1 aromatic carbocycles. The molecule has 1 aromatic heterocycles.